The molecule has 28 heavy (non-hydrogen) atoms. The quantitative estimate of drug-likeness (QED) is 0.730. The molecule has 1 unspecified atom stereocenters. The van der Waals surface area contributed by atoms with Gasteiger partial charge in [-0.15, -0.1) is 0 Å². The number of hydrogen-bond acceptors (Lipinski definition) is 5. The van der Waals surface area contributed by atoms with E-state index in [0.717, 1.165) is 43.0 Å². The molecule has 2 aromatic carbocycles. The Morgan fingerprint density at radius 1 is 1.07 bits per heavy atom. The fraction of sp³-hybridized carbons (Fsp3) is 0.318. The second kappa shape index (κ2) is 8.35. The van der Waals surface area contributed by atoms with Crippen molar-refractivity contribution < 1.29 is 9.32 Å². The molecule has 1 aliphatic heterocycles. The van der Waals surface area contributed by atoms with Crippen molar-refractivity contribution in [1.29, 1.82) is 0 Å². The third kappa shape index (κ3) is 4.12. The topological polar surface area (TPSA) is 71.3 Å². The van der Waals surface area contributed by atoms with Gasteiger partial charge in [0.1, 0.15) is 6.04 Å². The summed E-state index contributed by atoms with van der Waals surface area (Å²) in [5.41, 5.74) is 1.82. The fourth-order valence-corrected chi connectivity index (χ4v) is 3.79. The fourth-order valence-electron chi connectivity index (χ4n) is 3.79. The Morgan fingerprint density at radius 3 is 2.32 bits per heavy atom. The average molecular weight is 376 g/mol. The van der Waals surface area contributed by atoms with Gasteiger partial charge in [0, 0.05) is 18.5 Å². The van der Waals surface area contributed by atoms with E-state index in [1.54, 1.807) is 0 Å². The molecule has 6 heteroatoms. The van der Waals surface area contributed by atoms with Gasteiger partial charge in [0.2, 0.25) is 11.8 Å². The third-order valence-electron chi connectivity index (χ3n) is 5.21. The van der Waals surface area contributed by atoms with E-state index in [1.165, 1.54) is 0 Å². The molecule has 1 amide bonds. The molecule has 1 N–H and O–H groups in total. The Hall–Kier alpha value is -2.99. The first-order valence-electron chi connectivity index (χ1n) is 9.66. The number of aromatic nitrogens is 2. The van der Waals surface area contributed by atoms with E-state index in [4.69, 9.17) is 4.52 Å². The molecule has 0 spiro atoms. The zero-order chi connectivity index (χ0) is 19.3. The number of likely N-dealkylation sites (tertiary alicyclic amines) is 1. The SMILES string of the molecule is Cc1nc(C2CCN(C(C(=O)Nc3ccccc3)c3ccccc3)CC2)no1. The van der Waals surface area contributed by atoms with Gasteiger partial charge in [-0.1, -0.05) is 53.7 Å². The monoisotopic (exact) mass is 376 g/mol. The Balaban J connectivity index is 1.50. The summed E-state index contributed by atoms with van der Waals surface area (Å²) in [6.45, 7) is 3.42. The highest BCUT2D eigenvalue weighted by atomic mass is 16.5. The van der Waals surface area contributed by atoms with Crippen LogP contribution in [0.1, 0.15) is 42.1 Å². The van der Waals surface area contributed by atoms with Gasteiger partial charge >= 0.3 is 0 Å². The van der Waals surface area contributed by atoms with Gasteiger partial charge in [0.25, 0.3) is 0 Å². The first-order valence-corrected chi connectivity index (χ1v) is 9.66. The van der Waals surface area contributed by atoms with Crippen molar-refractivity contribution in [2.24, 2.45) is 0 Å². The van der Waals surface area contributed by atoms with Gasteiger partial charge in [-0.05, 0) is 43.6 Å². The average Bonchev–Trinajstić information content (AvgIpc) is 3.17. The summed E-state index contributed by atoms with van der Waals surface area (Å²) in [4.78, 5) is 19.8. The summed E-state index contributed by atoms with van der Waals surface area (Å²) in [7, 11) is 0. The minimum absolute atomic E-state index is 0.00810. The molecule has 2 heterocycles. The molecule has 4 rings (SSSR count). The molecule has 6 nitrogen and oxygen atoms in total. The Morgan fingerprint density at radius 2 is 1.71 bits per heavy atom. The number of carbonyl (C=O) groups is 1. The number of amides is 1. The minimum atomic E-state index is -0.325. The lowest BCUT2D eigenvalue weighted by Crippen LogP contribution is -2.41. The Bertz CT molecular complexity index is 903. The summed E-state index contributed by atoms with van der Waals surface area (Å²) in [6.07, 6.45) is 1.81. The predicted octanol–water partition coefficient (Wildman–Crippen LogP) is 3.94. The van der Waals surface area contributed by atoms with Crippen molar-refractivity contribution in [2.75, 3.05) is 18.4 Å². The summed E-state index contributed by atoms with van der Waals surface area (Å²) in [5, 5.41) is 7.14. The van der Waals surface area contributed by atoms with Crippen LogP contribution in [0.15, 0.2) is 65.2 Å². The highest BCUT2D eigenvalue weighted by molar-refractivity contribution is 5.95. The van der Waals surface area contributed by atoms with Gasteiger partial charge in [-0.2, -0.15) is 4.98 Å². The van der Waals surface area contributed by atoms with Crippen LogP contribution in [0.25, 0.3) is 0 Å². The van der Waals surface area contributed by atoms with Gasteiger partial charge in [-0.25, -0.2) is 0 Å². The molecule has 144 valence electrons. The Labute approximate surface area is 164 Å². The molecular formula is C22H24N4O2. The molecule has 1 saturated heterocycles. The van der Waals surface area contributed by atoms with Crippen molar-refractivity contribution in [2.45, 2.75) is 31.7 Å². The van der Waals surface area contributed by atoms with Crippen LogP contribution in [-0.4, -0.2) is 34.0 Å². The lowest BCUT2D eigenvalue weighted by molar-refractivity contribution is -0.122. The molecule has 0 bridgehead atoms. The molecule has 0 aliphatic carbocycles. The van der Waals surface area contributed by atoms with Crippen LogP contribution < -0.4 is 5.32 Å². The van der Waals surface area contributed by atoms with Crippen molar-refractivity contribution in [3.05, 3.63) is 77.9 Å². The first-order chi connectivity index (χ1) is 13.7. The number of hydrogen-bond donors (Lipinski definition) is 1. The largest absolute Gasteiger partial charge is 0.340 e. The van der Waals surface area contributed by atoms with Gasteiger partial charge in [0.15, 0.2) is 5.82 Å². The van der Waals surface area contributed by atoms with Gasteiger partial charge in [-0.3, -0.25) is 9.69 Å². The second-order valence-corrected chi connectivity index (χ2v) is 7.15. The maximum absolute atomic E-state index is 13.2. The Kier molecular flexibility index (Phi) is 5.48. The van der Waals surface area contributed by atoms with Crippen LogP contribution in [0.3, 0.4) is 0 Å². The zero-order valence-corrected chi connectivity index (χ0v) is 15.9. The highest BCUT2D eigenvalue weighted by Gasteiger charge is 2.32. The lowest BCUT2D eigenvalue weighted by Gasteiger charge is -2.36. The molecule has 1 aromatic heterocycles. The van der Waals surface area contributed by atoms with Crippen molar-refractivity contribution in [1.82, 2.24) is 15.0 Å². The van der Waals surface area contributed by atoms with Crippen LogP contribution >= 0.6 is 0 Å². The van der Waals surface area contributed by atoms with E-state index < -0.39 is 0 Å². The number of rotatable bonds is 5. The van der Waals surface area contributed by atoms with E-state index in [-0.39, 0.29) is 17.9 Å². The van der Waals surface area contributed by atoms with E-state index >= 15 is 0 Å². The van der Waals surface area contributed by atoms with Crippen molar-refractivity contribution in [3.8, 4) is 0 Å². The number of benzene rings is 2. The standard InChI is InChI=1S/C22H24N4O2/c1-16-23-21(25-28-16)18-12-14-26(15-13-18)20(17-8-4-2-5-9-17)22(27)24-19-10-6-3-7-11-19/h2-11,18,20H,12-15H2,1H3,(H,24,27). The zero-order valence-electron chi connectivity index (χ0n) is 15.9. The summed E-state index contributed by atoms with van der Waals surface area (Å²) < 4.78 is 5.13. The van der Waals surface area contributed by atoms with E-state index in [2.05, 4.69) is 20.4 Å². The number of para-hydroxylation sites is 1. The number of nitrogens with zero attached hydrogens (tertiary/aromatic N) is 3. The van der Waals surface area contributed by atoms with Crippen LogP contribution in [0, 0.1) is 6.92 Å². The normalized spacial score (nSPS) is 16.6. The summed E-state index contributed by atoms with van der Waals surface area (Å²) in [5.74, 6) is 1.65. The lowest BCUT2D eigenvalue weighted by atomic mass is 9.93. The van der Waals surface area contributed by atoms with Crippen molar-refractivity contribution in [3.63, 3.8) is 0 Å². The molecule has 3 aromatic rings. The van der Waals surface area contributed by atoms with Crippen molar-refractivity contribution >= 4 is 11.6 Å². The van der Waals surface area contributed by atoms with E-state index in [9.17, 15) is 4.79 Å². The van der Waals surface area contributed by atoms with Crippen LogP contribution in [0.5, 0.6) is 0 Å². The van der Waals surface area contributed by atoms with Crippen LogP contribution in [0.4, 0.5) is 5.69 Å². The molecule has 0 saturated carbocycles. The van der Waals surface area contributed by atoms with Gasteiger partial charge in [0.05, 0.1) is 0 Å². The molecule has 0 radical (unpaired) electrons. The molecule has 1 atom stereocenters. The summed E-state index contributed by atoms with van der Waals surface area (Å²) in [6, 6.07) is 19.2. The minimum Gasteiger partial charge on any atom is -0.340 e. The number of piperidine rings is 1. The van der Waals surface area contributed by atoms with Crippen LogP contribution in [0.2, 0.25) is 0 Å². The van der Waals surface area contributed by atoms with E-state index in [1.807, 2.05) is 67.6 Å². The maximum atomic E-state index is 13.2. The first kappa shape index (κ1) is 18.4. The highest BCUT2D eigenvalue weighted by Crippen LogP contribution is 2.32. The number of anilines is 1. The van der Waals surface area contributed by atoms with Gasteiger partial charge < -0.3 is 9.84 Å². The number of aryl methyl sites for hydroxylation is 1. The number of nitrogens with one attached hydrogen (secondary N) is 1. The molecular weight excluding hydrogens is 352 g/mol. The second-order valence-electron chi connectivity index (χ2n) is 7.15. The smallest absolute Gasteiger partial charge is 0.246 e. The van der Waals surface area contributed by atoms with Crippen LogP contribution in [-0.2, 0) is 4.79 Å². The third-order valence-corrected chi connectivity index (χ3v) is 5.21. The van der Waals surface area contributed by atoms with E-state index in [0.29, 0.717) is 5.89 Å². The summed E-state index contributed by atoms with van der Waals surface area (Å²) >= 11 is 0. The number of carbonyl (C=O) groups excluding carboxylic acids is 1. The predicted molar refractivity (Wildman–Crippen MR) is 107 cm³/mol. The molecule has 1 fully saturated rings. The maximum Gasteiger partial charge on any atom is 0.246 e. The molecule has 1 aliphatic rings.